The largest absolute Gasteiger partial charge is 0.650 e. The number of ether oxygens (including phenoxy) is 1. The van der Waals surface area contributed by atoms with E-state index in [0.29, 0.717) is 11.5 Å². The average Bonchev–Trinajstić information content (AvgIpc) is 2.99. The van der Waals surface area contributed by atoms with E-state index in [4.69, 9.17) is 13.7 Å². The second-order valence-corrected chi connectivity index (χ2v) is 5.44. The van der Waals surface area contributed by atoms with E-state index < -0.39 is 6.55 Å². The molecule has 22 heavy (non-hydrogen) atoms. The Morgan fingerprint density at radius 2 is 1.45 bits per heavy atom. The van der Waals surface area contributed by atoms with Crippen molar-refractivity contribution in [2.45, 2.75) is 6.92 Å². The van der Waals surface area contributed by atoms with Gasteiger partial charge in [0.25, 0.3) is 0 Å². The lowest BCUT2D eigenvalue weighted by molar-refractivity contribution is -0.306. The van der Waals surface area contributed by atoms with Crippen molar-refractivity contribution in [1.82, 2.24) is 0 Å². The minimum absolute atomic E-state index is 0.676. The maximum atomic E-state index is 6.34. The first kappa shape index (κ1) is 13.0. The van der Waals surface area contributed by atoms with Gasteiger partial charge in [0.05, 0.1) is 6.08 Å². The van der Waals surface area contributed by atoms with Crippen molar-refractivity contribution in [3.8, 4) is 0 Å². The summed E-state index contributed by atoms with van der Waals surface area (Å²) in [5.41, 5.74) is 2.01. The van der Waals surface area contributed by atoms with Crippen molar-refractivity contribution in [3.05, 3.63) is 84.5 Å². The van der Waals surface area contributed by atoms with Gasteiger partial charge < -0.3 is 13.7 Å². The Morgan fingerprint density at radius 1 is 0.864 bits per heavy atom. The fourth-order valence-electron chi connectivity index (χ4n) is 2.98. The van der Waals surface area contributed by atoms with Gasteiger partial charge in [-0.05, 0) is 17.8 Å². The molecule has 0 N–H and O–H groups in total. The average molecular weight is 290 g/mol. The van der Waals surface area contributed by atoms with E-state index >= 15 is 0 Å². The number of hydrogen-bond donors (Lipinski definition) is 0. The van der Waals surface area contributed by atoms with Crippen LogP contribution in [0.5, 0.6) is 0 Å². The fraction of sp³-hybridized carbons (Fsp3) is 0.0556. The molecule has 0 spiro atoms. The highest BCUT2D eigenvalue weighted by molar-refractivity contribution is 6.91. The summed E-state index contributed by atoms with van der Waals surface area (Å²) >= 11 is 0. The highest BCUT2D eigenvalue weighted by Crippen LogP contribution is 2.26. The summed E-state index contributed by atoms with van der Waals surface area (Å²) in [5, 5.41) is 0. The number of rotatable bonds is 2. The zero-order chi connectivity index (χ0) is 15.0. The van der Waals surface area contributed by atoms with E-state index in [2.05, 4.69) is 0 Å². The molecule has 108 valence electrons. The molecule has 2 aliphatic rings. The van der Waals surface area contributed by atoms with Crippen LogP contribution in [-0.2, 0) is 13.7 Å². The third-order valence-corrected chi connectivity index (χ3v) is 4.06. The van der Waals surface area contributed by atoms with Crippen molar-refractivity contribution in [2.75, 3.05) is 0 Å². The van der Waals surface area contributed by atoms with E-state index in [1.807, 2.05) is 67.6 Å². The molecule has 0 aliphatic carbocycles. The van der Waals surface area contributed by atoms with Crippen molar-refractivity contribution in [3.63, 3.8) is 0 Å². The van der Waals surface area contributed by atoms with Gasteiger partial charge >= 0.3 is 12.3 Å². The molecule has 0 saturated carbocycles. The third-order valence-electron chi connectivity index (χ3n) is 4.06. The molecule has 0 unspecified atom stereocenters. The number of ketones is 1. The van der Waals surface area contributed by atoms with Gasteiger partial charge in [-0.1, -0.05) is 60.7 Å². The van der Waals surface area contributed by atoms with Crippen LogP contribution in [0.25, 0.3) is 0 Å². The molecule has 0 aromatic heterocycles. The zero-order valence-corrected chi connectivity index (χ0v) is 12.2. The normalized spacial score (nSPS) is 18.3. The summed E-state index contributed by atoms with van der Waals surface area (Å²) in [6.07, 6.45) is 3.43. The number of allylic oxidation sites excluding steroid dienone is 2. The lowest BCUT2D eigenvalue weighted by Crippen LogP contribution is -2.59. The molecule has 0 amide bonds. The van der Waals surface area contributed by atoms with Gasteiger partial charge in [0.2, 0.25) is 5.76 Å². The highest BCUT2D eigenvalue weighted by Gasteiger charge is 2.55. The molecule has 4 heteroatoms. The summed E-state index contributed by atoms with van der Waals surface area (Å²) in [6.45, 7) is 0.0892. The lowest BCUT2D eigenvalue weighted by atomic mass is 9.47. The maximum Gasteiger partial charge on any atom is 0.650 e. The van der Waals surface area contributed by atoms with Crippen LogP contribution in [0.15, 0.2) is 84.5 Å². The molecule has 2 heterocycles. The predicted molar refractivity (Wildman–Crippen MR) is 86.9 cm³/mol. The van der Waals surface area contributed by atoms with Crippen LogP contribution in [0.4, 0.5) is 0 Å². The lowest BCUT2D eigenvalue weighted by Gasteiger charge is -2.23. The Balaban J connectivity index is 1.95. The standard InChI is InChI=1S/C18H15BO3/c1-14-18-17(12-13-20-14)21-19(22-18,15-8-4-2-5-9-15)16-10-6-3-7-11-16/h2-13H,1H3. The monoisotopic (exact) mass is 290 g/mol. The first-order valence-electron chi connectivity index (χ1n) is 7.34. The second kappa shape index (κ2) is 4.91. The molecule has 0 bridgehead atoms. The number of fused-ring (bicyclic) bond motifs is 1. The smallest absolute Gasteiger partial charge is 0.617 e. The van der Waals surface area contributed by atoms with Crippen LogP contribution < -0.4 is 10.9 Å². The van der Waals surface area contributed by atoms with Crippen LogP contribution in [-0.4, -0.2) is 12.3 Å². The first-order valence-corrected chi connectivity index (χ1v) is 7.34. The Hall–Kier alpha value is -2.75. The SMILES string of the molecule is CC1=C2O[B-](c3ccccc3)(c3ccccc3)[O+]=C2C=CO1. The summed E-state index contributed by atoms with van der Waals surface area (Å²) < 4.78 is 18.1. The summed E-state index contributed by atoms with van der Waals surface area (Å²) in [6, 6.07) is 20.1. The predicted octanol–water partition coefficient (Wildman–Crippen LogP) is 2.15. The van der Waals surface area contributed by atoms with Gasteiger partial charge in [-0.2, -0.15) is 0 Å². The van der Waals surface area contributed by atoms with Crippen molar-refractivity contribution < 1.29 is 13.7 Å². The Morgan fingerprint density at radius 3 is 2.00 bits per heavy atom. The van der Waals surface area contributed by atoms with Gasteiger partial charge in [-0.15, -0.1) is 0 Å². The molecule has 4 rings (SSSR count). The van der Waals surface area contributed by atoms with E-state index in [1.54, 1.807) is 12.3 Å². The van der Waals surface area contributed by atoms with E-state index in [1.165, 1.54) is 0 Å². The molecule has 2 aromatic rings. The van der Waals surface area contributed by atoms with Crippen molar-refractivity contribution in [2.24, 2.45) is 0 Å². The Bertz CT molecular complexity index is 752. The fourth-order valence-corrected chi connectivity index (χ4v) is 2.98. The van der Waals surface area contributed by atoms with Gasteiger partial charge in [0.15, 0.2) is 0 Å². The molecular weight excluding hydrogens is 275 g/mol. The molecule has 2 aliphatic heterocycles. The summed E-state index contributed by atoms with van der Waals surface area (Å²) in [5.74, 6) is 2.11. The minimum Gasteiger partial charge on any atom is -0.617 e. The van der Waals surface area contributed by atoms with E-state index in [9.17, 15) is 0 Å². The molecule has 0 atom stereocenters. The van der Waals surface area contributed by atoms with E-state index in [-0.39, 0.29) is 0 Å². The molecule has 0 saturated heterocycles. The maximum absolute atomic E-state index is 6.34. The minimum atomic E-state index is -1.79. The van der Waals surface area contributed by atoms with Crippen molar-refractivity contribution >= 4 is 23.3 Å². The third kappa shape index (κ3) is 1.88. The summed E-state index contributed by atoms with van der Waals surface area (Å²) in [4.78, 5) is 0. The van der Waals surface area contributed by atoms with Crippen LogP contribution >= 0.6 is 0 Å². The quantitative estimate of drug-likeness (QED) is 0.626. The van der Waals surface area contributed by atoms with Gasteiger partial charge in [0, 0.05) is 0 Å². The van der Waals surface area contributed by atoms with Crippen LogP contribution in [0, 0.1) is 0 Å². The van der Waals surface area contributed by atoms with Crippen LogP contribution in [0.2, 0.25) is 0 Å². The van der Waals surface area contributed by atoms with Crippen LogP contribution in [0.3, 0.4) is 0 Å². The summed E-state index contributed by atoms with van der Waals surface area (Å²) in [7, 11) is 0. The molecule has 2 aromatic carbocycles. The second-order valence-electron chi connectivity index (χ2n) is 5.44. The topological polar surface area (TPSA) is 29.8 Å². The zero-order valence-electron chi connectivity index (χ0n) is 12.2. The van der Waals surface area contributed by atoms with Crippen molar-refractivity contribution in [1.29, 1.82) is 0 Å². The molecule has 3 nitrogen and oxygen atoms in total. The molecule has 0 fully saturated rings. The van der Waals surface area contributed by atoms with Gasteiger partial charge in [-0.25, -0.2) is 0 Å². The molecule has 0 radical (unpaired) electrons. The Kier molecular flexibility index (Phi) is 2.89. The highest BCUT2D eigenvalue weighted by atomic mass is 16.6. The Labute approximate surface area is 129 Å². The molecular formula is C18H15BO3. The number of benzene rings is 2. The number of carbonyl (C=O) groups excluding carboxylic acids is 1. The van der Waals surface area contributed by atoms with Crippen LogP contribution in [0.1, 0.15) is 6.92 Å². The van der Waals surface area contributed by atoms with E-state index in [0.717, 1.165) is 16.7 Å². The van der Waals surface area contributed by atoms with Gasteiger partial charge in [-0.3, -0.25) is 0 Å². The first-order chi connectivity index (χ1) is 10.8. The van der Waals surface area contributed by atoms with Gasteiger partial charge in [0.1, 0.15) is 12.0 Å². The number of hydrogen-bond acceptors (Lipinski definition) is 2.